The number of nitrogens with two attached hydrogens (primary N) is 1. The maximum Gasteiger partial charge on any atom is 0.318 e. The molecule has 0 aliphatic carbocycles. The molecule has 0 spiro atoms. The molecule has 1 rings (SSSR count). The Hall–Kier alpha value is -1.36. The fourth-order valence-corrected chi connectivity index (χ4v) is 1.23. The maximum absolute atomic E-state index is 5.50. The molecule has 0 aromatic carbocycles. The fraction of sp³-hybridized carbons (Fsp3) is 0.600. The molecule has 0 atom stereocenters. The van der Waals surface area contributed by atoms with E-state index in [1.165, 1.54) is 0 Å². The summed E-state index contributed by atoms with van der Waals surface area (Å²) in [5.41, 5.74) is 5.50. The Kier molecular flexibility index (Phi) is 4.83. The second-order valence-electron chi connectivity index (χ2n) is 3.14. The van der Waals surface area contributed by atoms with Gasteiger partial charge in [0.05, 0.1) is 0 Å². The van der Waals surface area contributed by atoms with Gasteiger partial charge in [0.25, 0.3) is 0 Å². The number of aromatic nitrogens is 2. The van der Waals surface area contributed by atoms with Crippen molar-refractivity contribution >= 4 is 5.82 Å². The lowest BCUT2D eigenvalue weighted by Crippen LogP contribution is -2.28. The van der Waals surface area contributed by atoms with Crippen molar-refractivity contribution in [1.82, 2.24) is 14.9 Å². The number of hydrogen-bond acceptors (Lipinski definition) is 5. The van der Waals surface area contributed by atoms with Gasteiger partial charge in [-0.05, 0) is 19.2 Å². The molecule has 1 heterocycles. The largest absolute Gasteiger partial charge is 0.462 e. The van der Waals surface area contributed by atoms with Crippen LogP contribution in [0.25, 0.3) is 0 Å². The van der Waals surface area contributed by atoms with Gasteiger partial charge in [-0.3, -0.25) is 0 Å². The van der Waals surface area contributed by atoms with Crippen molar-refractivity contribution in [2.45, 2.75) is 13.8 Å². The minimum Gasteiger partial charge on any atom is -0.462 e. The van der Waals surface area contributed by atoms with Crippen LogP contribution in [0.15, 0.2) is 12.3 Å². The maximum atomic E-state index is 5.50. The minimum atomic E-state index is 0.349. The molecule has 0 unspecified atom stereocenters. The smallest absolute Gasteiger partial charge is 0.318 e. The van der Waals surface area contributed by atoms with Gasteiger partial charge in [0.1, 0.15) is 12.4 Å². The number of hydrogen-bond donors (Lipinski definition) is 1. The zero-order chi connectivity index (χ0) is 11.1. The first kappa shape index (κ1) is 11.7. The zero-order valence-corrected chi connectivity index (χ0v) is 9.31. The van der Waals surface area contributed by atoms with Crippen molar-refractivity contribution in [1.29, 1.82) is 0 Å². The molecule has 0 amide bonds. The van der Waals surface area contributed by atoms with Gasteiger partial charge in [0.2, 0.25) is 0 Å². The molecule has 2 N–H and O–H groups in total. The van der Waals surface area contributed by atoms with Gasteiger partial charge in [-0.1, -0.05) is 13.8 Å². The first-order valence-corrected chi connectivity index (χ1v) is 5.20. The van der Waals surface area contributed by atoms with Gasteiger partial charge in [-0.25, -0.2) is 4.98 Å². The molecule has 1 aromatic heterocycles. The molecule has 5 heteroatoms. The second kappa shape index (κ2) is 6.19. The third-order valence-electron chi connectivity index (χ3n) is 2.19. The van der Waals surface area contributed by atoms with Gasteiger partial charge < -0.3 is 15.4 Å². The summed E-state index contributed by atoms with van der Waals surface area (Å²) in [6, 6.07) is 1.99. The van der Waals surface area contributed by atoms with Crippen molar-refractivity contribution in [2.75, 3.05) is 32.0 Å². The normalized spacial score (nSPS) is 10.6. The van der Waals surface area contributed by atoms with Crippen molar-refractivity contribution in [2.24, 2.45) is 0 Å². The van der Waals surface area contributed by atoms with E-state index in [0.29, 0.717) is 18.4 Å². The van der Waals surface area contributed by atoms with Crippen LogP contribution >= 0.6 is 0 Å². The average molecular weight is 210 g/mol. The van der Waals surface area contributed by atoms with Gasteiger partial charge in [0.15, 0.2) is 0 Å². The van der Waals surface area contributed by atoms with Crippen LogP contribution in [-0.4, -0.2) is 41.1 Å². The molecule has 0 aliphatic rings. The van der Waals surface area contributed by atoms with Crippen LogP contribution in [-0.2, 0) is 0 Å². The van der Waals surface area contributed by atoms with E-state index in [-0.39, 0.29) is 0 Å². The zero-order valence-electron chi connectivity index (χ0n) is 9.31. The number of nitrogen functional groups attached to an aromatic ring is 1. The van der Waals surface area contributed by atoms with E-state index in [1.54, 1.807) is 12.3 Å². The summed E-state index contributed by atoms with van der Waals surface area (Å²) in [5, 5.41) is 0. The van der Waals surface area contributed by atoms with Crippen LogP contribution in [0.2, 0.25) is 0 Å². The quantitative estimate of drug-likeness (QED) is 0.751. The Balaban J connectivity index is 2.31. The highest BCUT2D eigenvalue weighted by Crippen LogP contribution is 2.03. The highest BCUT2D eigenvalue weighted by atomic mass is 16.5. The third-order valence-corrected chi connectivity index (χ3v) is 2.19. The monoisotopic (exact) mass is 210 g/mol. The Morgan fingerprint density at radius 1 is 1.40 bits per heavy atom. The Morgan fingerprint density at radius 2 is 2.13 bits per heavy atom. The van der Waals surface area contributed by atoms with Crippen molar-refractivity contribution in [3.05, 3.63) is 12.3 Å². The van der Waals surface area contributed by atoms with Crippen LogP contribution in [0.5, 0.6) is 6.01 Å². The van der Waals surface area contributed by atoms with Crippen LogP contribution in [0.3, 0.4) is 0 Å². The van der Waals surface area contributed by atoms with Gasteiger partial charge in [0, 0.05) is 12.7 Å². The molecule has 0 radical (unpaired) electrons. The average Bonchev–Trinajstić information content (AvgIpc) is 2.25. The van der Waals surface area contributed by atoms with Crippen LogP contribution in [0.4, 0.5) is 5.82 Å². The molecule has 0 saturated heterocycles. The Morgan fingerprint density at radius 3 is 2.73 bits per heavy atom. The molecule has 0 saturated carbocycles. The minimum absolute atomic E-state index is 0.349. The van der Waals surface area contributed by atoms with Crippen LogP contribution < -0.4 is 10.5 Å². The molecule has 1 aromatic rings. The molecule has 5 nitrogen and oxygen atoms in total. The number of rotatable bonds is 6. The van der Waals surface area contributed by atoms with E-state index in [2.05, 4.69) is 28.7 Å². The second-order valence-corrected chi connectivity index (χ2v) is 3.14. The van der Waals surface area contributed by atoms with Gasteiger partial charge in [-0.15, -0.1) is 0 Å². The Bertz CT molecular complexity index is 289. The number of ether oxygens (including phenoxy) is 1. The van der Waals surface area contributed by atoms with Gasteiger partial charge in [-0.2, -0.15) is 4.98 Å². The molecule has 0 bridgehead atoms. The van der Waals surface area contributed by atoms with Gasteiger partial charge >= 0.3 is 6.01 Å². The summed E-state index contributed by atoms with van der Waals surface area (Å²) in [5.74, 6) is 0.433. The highest BCUT2D eigenvalue weighted by molar-refractivity contribution is 5.26. The number of anilines is 1. The highest BCUT2D eigenvalue weighted by Gasteiger charge is 2.01. The fourth-order valence-electron chi connectivity index (χ4n) is 1.23. The first-order chi connectivity index (χ1) is 7.26. The van der Waals surface area contributed by atoms with E-state index < -0.39 is 0 Å². The van der Waals surface area contributed by atoms with Crippen molar-refractivity contribution in [3.63, 3.8) is 0 Å². The summed E-state index contributed by atoms with van der Waals surface area (Å²) in [6.07, 6.45) is 1.59. The molecule has 0 aliphatic heterocycles. The predicted octanol–water partition coefficient (Wildman–Crippen LogP) is 0.779. The van der Waals surface area contributed by atoms with E-state index in [9.17, 15) is 0 Å². The third kappa shape index (κ3) is 4.12. The van der Waals surface area contributed by atoms with Crippen molar-refractivity contribution in [3.8, 4) is 6.01 Å². The summed E-state index contributed by atoms with van der Waals surface area (Å²) in [6.45, 7) is 7.77. The topological polar surface area (TPSA) is 64.3 Å². The lowest BCUT2D eigenvalue weighted by atomic mass is 10.5. The summed E-state index contributed by atoms with van der Waals surface area (Å²) < 4.78 is 5.38. The first-order valence-electron chi connectivity index (χ1n) is 5.20. The van der Waals surface area contributed by atoms with Crippen LogP contribution in [0.1, 0.15) is 13.8 Å². The standard InChI is InChI=1S/C10H18N4O/c1-3-14(4-2)7-8-15-10-12-6-5-9(11)13-10/h5-6H,3-4,7-8H2,1-2H3,(H2,11,12,13). The Labute approximate surface area is 90.3 Å². The summed E-state index contributed by atoms with van der Waals surface area (Å²) in [7, 11) is 0. The molecule has 0 fully saturated rings. The molecule has 84 valence electrons. The lowest BCUT2D eigenvalue weighted by molar-refractivity contribution is 0.212. The van der Waals surface area contributed by atoms with E-state index >= 15 is 0 Å². The van der Waals surface area contributed by atoms with E-state index in [0.717, 1.165) is 19.6 Å². The number of nitrogens with zero attached hydrogens (tertiary/aromatic N) is 3. The summed E-state index contributed by atoms with van der Waals surface area (Å²) >= 11 is 0. The lowest BCUT2D eigenvalue weighted by Gasteiger charge is -2.17. The van der Waals surface area contributed by atoms with E-state index in [4.69, 9.17) is 10.5 Å². The van der Waals surface area contributed by atoms with Crippen LogP contribution in [0, 0.1) is 0 Å². The molecule has 15 heavy (non-hydrogen) atoms. The SMILES string of the molecule is CCN(CC)CCOc1nccc(N)n1. The molecular formula is C10H18N4O. The predicted molar refractivity (Wildman–Crippen MR) is 59.7 cm³/mol. The molecular weight excluding hydrogens is 192 g/mol. The van der Waals surface area contributed by atoms with E-state index in [1.807, 2.05) is 0 Å². The summed E-state index contributed by atoms with van der Waals surface area (Å²) in [4.78, 5) is 10.2. The van der Waals surface area contributed by atoms with Crippen molar-refractivity contribution < 1.29 is 4.74 Å². The number of likely N-dealkylation sites (N-methyl/N-ethyl adjacent to an activating group) is 1.